The molecule has 0 radical (unpaired) electrons. The number of hydrogen-bond acceptors (Lipinski definition) is 6. The van der Waals surface area contributed by atoms with Gasteiger partial charge in [-0.25, -0.2) is 20.1 Å². The molecule has 4 heterocycles. The van der Waals surface area contributed by atoms with Gasteiger partial charge in [-0.2, -0.15) is 0 Å². The lowest BCUT2D eigenvalue weighted by Crippen LogP contribution is -2.25. The van der Waals surface area contributed by atoms with Crippen molar-refractivity contribution in [1.29, 1.82) is 0 Å². The van der Waals surface area contributed by atoms with Crippen molar-refractivity contribution in [3.05, 3.63) is 68.4 Å². The molecule has 34 heavy (non-hydrogen) atoms. The van der Waals surface area contributed by atoms with E-state index in [9.17, 15) is 9.59 Å². The first kappa shape index (κ1) is 25.8. The van der Waals surface area contributed by atoms with Crippen LogP contribution in [0.15, 0.2) is 45.6 Å². The lowest BCUT2D eigenvalue weighted by molar-refractivity contribution is -0.0760. The van der Waals surface area contributed by atoms with Gasteiger partial charge in [-0.3, -0.25) is 19.3 Å². The second kappa shape index (κ2) is 10.6. The quantitative estimate of drug-likeness (QED) is 0.330. The number of carbonyl (C=O) groups is 2. The minimum Gasteiger partial charge on any atom is -0.302 e. The van der Waals surface area contributed by atoms with Crippen LogP contribution >= 0.6 is 31.9 Å². The Labute approximate surface area is 213 Å². The van der Waals surface area contributed by atoms with Crippen LogP contribution in [-0.2, 0) is 9.68 Å². The number of nitrogens with zero attached hydrogens (tertiary/aromatic N) is 6. The summed E-state index contributed by atoms with van der Waals surface area (Å²) in [6.45, 7) is 3.90. The summed E-state index contributed by atoms with van der Waals surface area (Å²) in [4.78, 5) is 41.9. The third-order valence-corrected chi connectivity index (χ3v) is 6.87. The molecule has 4 aromatic heterocycles. The van der Waals surface area contributed by atoms with Gasteiger partial charge in [0.15, 0.2) is 0 Å². The lowest BCUT2D eigenvalue weighted by Gasteiger charge is -2.10. The highest BCUT2D eigenvalue weighted by molar-refractivity contribution is 9.10. The van der Waals surface area contributed by atoms with Crippen LogP contribution < -0.4 is 0 Å². The van der Waals surface area contributed by atoms with Gasteiger partial charge < -0.3 is 8.80 Å². The molecular formula is C22H24Br2N6O4. The highest BCUT2D eigenvalue weighted by atomic mass is 79.9. The summed E-state index contributed by atoms with van der Waals surface area (Å²) in [5.41, 5.74) is 4.17. The van der Waals surface area contributed by atoms with Crippen molar-refractivity contribution in [3.8, 4) is 0 Å². The molecular weight excluding hydrogens is 572 g/mol. The number of aryl methyl sites for hydroxylation is 2. The monoisotopic (exact) mass is 594 g/mol. The molecule has 4 rings (SSSR count). The normalized spacial score (nSPS) is 10.8. The number of carbonyl (C=O) groups excluding carboxylic acids is 2. The number of fused-ring (bicyclic) bond motifs is 2. The predicted octanol–water partition coefficient (Wildman–Crippen LogP) is 4.08. The molecule has 0 aliphatic carbocycles. The zero-order chi connectivity index (χ0) is 25.2. The Bertz CT molecular complexity index is 1260. The van der Waals surface area contributed by atoms with Gasteiger partial charge in [-0.15, -0.1) is 0 Å². The first-order valence-electron chi connectivity index (χ1n) is 10.0. The average Bonchev–Trinajstić information content (AvgIpc) is 3.47. The van der Waals surface area contributed by atoms with Gasteiger partial charge in [0.1, 0.15) is 22.7 Å². The maximum absolute atomic E-state index is 11.9. The van der Waals surface area contributed by atoms with E-state index >= 15 is 0 Å². The number of halogens is 2. The molecule has 2 amide bonds. The van der Waals surface area contributed by atoms with Crippen molar-refractivity contribution >= 4 is 55.0 Å². The summed E-state index contributed by atoms with van der Waals surface area (Å²) in [6, 6.07) is 7.51. The second-order valence-corrected chi connectivity index (χ2v) is 8.92. The first-order valence-corrected chi connectivity index (χ1v) is 11.6. The largest absolute Gasteiger partial charge is 0.302 e. The standard InChI is InChI=1S/2C11H12BrN3O2/c2*1-7-8(12)4-5-10-13-9(6-15(7)10)11(16)14(2)17-3/h2*4-6H,1-3H3. The minimum atomic E-state index is -0.272. The van der Waals surface area contributed by atoms with Crippen LogP contribution in [0, 0.1) is 13.8 Å². The van der Waals surface area contributed by atoms with E-state index in [-0.39, 0.29) is 11.8 Å². The van der Waals surface area contributed by atoms with Gasteiger partial charge >= 0.3 is 0 Å². The molecule has 0 aliphatic heterocycles. The number of pyridine rings is 2. The Morgan fingerprint density at radius 3 is 1.44 bits per heavy atom. The van der Waals surface area contributed by atoms with Crippen LogP contribution in [0.5, 0.6) is 0 Å². The minimum absolute atomic E-state index is 0.272. The molecule has 0 saturated carbocycles. The second-order valence-electron chi connectivity index (χ2n) is 7.21. The van der Waals surface area contributed by atoms with E-state index in [1.807, 2.05) is 46.9 Å². The van der Waals surface area contributed by atoms with Gasteiger partial charge in [0.05, 0.1) is 14.2 Å². The fourth-order valence-electron chi connectivity index (χ4n) is 3.02. The van der Waals surface area contributed by atoms with E-state index in [1.54, 1.807) is 26.5 Å². The molecule has 0 bridgehead atoms. The molecule has 12 heteroatoms. The third kappa shape index (κ3) is 5.14. The molecule has 10 nitrogen and oxygen atoms in total. The maximum atomic E-state index is 11.9. The molecule has 0 unspecified atom stereocenters. The van der Waals surface area contributed by atoms with E-state index in [2.05, 4.69) is 41.8 Å². The summed E-state index contributed by atoms with van der Waals surface area (Å²) in [7, 11) is 5.98. The van der Waals surface area contributed by atoms with Gasteiger partial charge in [0, 0.05) is 46.8 Å². The Hall–Kier alpha value is -2.80. The van der Waals surface area contributed by atoms with Crippen LogP contribution in [0.1, 0.15) is 32.4 Å². The van der Waals surface area contributed by atoms with E-state index in [0.717, 1.165) is 41.8 Å². The highest BCUT2D eigenvalue weighted by Crippen LogP contribution is 2.20. The topological polar surface area (TPSA) is 93.7 Å². The Morgan fingerprint density at radius 1 is 0.765 bits per heavy atom. The molecule has 0 saturated heterocycles. The molecule has 0 aliphatic rings. The van der Waals surface area contributed by atoms with Crippen molar-refractivity contribution in [2.75, 3.05) is 28.3 Å². The number of imidazole rings is 2. The Morgan fingerprint density at radius 2 is 1.12 bits per heavy atom. The number of hydrogen-bond donors (Lipinski definition) is 0. The van der Waals surface area contributed by atoms with E-state index in [0.29, 0.717) is 11.4 Å². The fourth-order valence-corrected chi connectivity index (χ4v) is 3.67. The Balaban J connectivity index is 0.000000191. The number of aromatic nitrogens is 4. The van der Waals surface area contributed by atoms with E-state index < -0.39 is 0 Å². The molecule has 0 atom stereocenters. The third-order valence-electron chi connectivity index (χ3n) is 5.20. The zero-order valence-corrected chi connectivity index (χ0v) is 22.7. The number of hydroxylamine groups is 4. The summed E-state index contributed by atoms with van der Waals surface area (Å²) < 4.78 is 5.67. The van der Waals surface area contributed by atoms with Gasteiger partial charge in [-0.1, -0.05) is 0 Å². The molecule has 0 fully saturated rings. The molecule has 4 aromatic rings. The molecule has 0 spiro atoms. The van der Waals surface area contributed by atoms with Gasteiger partial charge in [-0.05, 0) is 70.0 Å². The number of rotatable bonds is 4. The lowest BCUT2D eigenvalue weighted by atomic mass is 10.4. The Kier molecular flexibility index (Phi) is 8.08. The van der Waals surface area contributed by atoms with E-state index in [4.69, 9.17) is 9.68 Å². The summed E-state index contributed by atoms with van der Waals surface area (Å²) in [5, 5.41) is 2.29. The summed E-state index contributed by atoms with van der Waals surface area (Å²) in [6.07, 6.45) is 3.40. The van der Waals surface area contributed by atoms with Crippen LogP contribution in [0.4, 0.5) is 0 Å². The first-order chi connectivity index (χ1) is 16.1. The molecule has 0 aromatic carbocycles. The van der Waals surface area contributed by atoms with Crippen LogP contribution in [0.25, 0.3) is 11.3 Å². The summed E-state index contributed by atoms with van der Waals surface area (Å²) in [5.74, 6) is -0.543. The highest BCUT2D eigenvalue weighted by Gasteiger charge is 2.17. The van der Waals surface area contributed by atoms with Crippen LogP contribution in [0.2, 0.25) is 0 Å². The predicted molar refractivity (Wildman–Crippen MR) is 133 cm³/mol. The van der Waals surface area contributed by atoms with E-state index in [1.165, 1.54) is 14.2 Å². The van der Waals surface area contributed by atoms with Gasteiger partial charge in [0.2, 0.25) is 0 Å². The fraction of sp³-hybridized carbons (Fsp3) is 0.273. The van der Waals surface area contributed by atoms with Crippen molar-refractivity contribution in [3.63, 3.8) is 0 Å². The molecule has 0 N–H and O–H groups in total. The zero-order valence-electron chi connectivity index (χ0n) is 19.5. The van der Waals surface area contributed by atoms with Crippen molar-refractivity contribution in [2.24, 2.45) is 0 Å². The molecule has 180 valence electrons. The summed E-state index contributed by atoms with van der Waals surface area (Å²) >= 11 is 6.87. The average molecular weight is 596 g/mol. The van der Waals surface area contributed by atoms with Crippen LogP contribution in [-0.4, -0.2) is 69.0 Å². The van der Waals surface area contributed by atoms with Crippen molar-refractivity contribution < 1.29 is 19.3 Å². The maximum Gasteiger partial charge on any atom is 0.297 e. The van der Waals surface area contributed by atoms with Crippen molar-refractivity contribution in [2.45, 2.75) is 13.8 Å². The van der Waals surface area contributed by atoms with Crippen LogP contribution in [0.3, 0.4) is 0 Å². The number of amides is 2. The SMILES string of the molecule is CON(C)C(=O)c1cn2c(C)c(Br)ccc2n1.CON(C)C(=O)c1cn2c(C)c(Br)ccc2n1. The smallest absolute Gasteiger partial charge is 0.297 e. The van der Waals surface area contributed by atoms with Crippen molar-refractivity contribution in [1.82, 2.24) is 28.9 Å². The van der Waals surface area contributed by atoms with Gasteiger partial charge in [0.25, 0.3) is 11.8 Å².